The average molecular weight is 594 g/mol. The van der Waals surface area contributed by atoms with Gasteiger partial charge in [-0.1, -0.05) is 48.5 Å². The van der Waals surface area contributed by atoms with Crippen molar-refractivity contribution in [1.29, 1.82) is 0 Å². The summed E-state index contributed by atoms with van der Waals surface area (Å²) in [6.45, 7) is 7.77. The topological polar surface area (TPSA) is 87.6 Å². The zero-order chi connectivity index (χ0) is 30.1. The molecule has 1 aliphatic rings. The first-order valence-electron chi connectivity index (χ1n) is 15.3. The van der Waals surface area contributed by atoms with Crippen molar-refractivity contribution in [3.63, 3.8) is 0 Å². The second-order valence-electron chi connectivity index (χ2n) is 10.9. The van der Waals surface area contributed by atoms with Gasteiger partial charge in [0.05, 0.1) is 59.5 Å². The van der Waals surface area contributed by atoms with E-state index in [4.69, 9.17) is 28.4 Å². The zero-order valence-electron chi connectivity index (χ0n) is 25.5. The fraction of sp³-hybridized carbons (Fsp3) is 0.486. The van der Waals surface area contributed by atoms with Gasteiger partial charge in [-0.25, -0.2) is 0 Å². The number of aliphatic hydroxyl groups excluding tert-OH is 1. The highest BCUT2D eigenvalue weighted by atomic mass is 16.5. The van der Waals surface area contributed by atoms with Gasteiger partial charge in [0.1, 0.15) is 23.9 Å². The van der Waals surface area contributed by atoms with Crippen LogP contribution in [0.2, 0.25) is 0 Å². The van der Waals surface area contributed by atoms with Gasteiger partial charge >= 0.3 is 0 Å². The third kappa shape index (κ3) is 11.1. The van der Waals surface area contributed by atoms with E-state index in [1.807, 2.05) is 48.5 Å². The first-order chi connectivity index (χ1) is 21.1. The van der Waals surface area contributed by atoms with E-state index < -0.39 is 6.10 Å². The maximum Gasteiger partial charge on any atom is 0.124 e. The largest absolute Gasteiger partial charge is 0.496 e. The molecule has 8 nitrogen and oxygen atoms in total. The summed E-state index contributed by atoms with van der Waals surface area (Å²) in [6, 6.07) is 24.3. The van der Waals surface area contributed by atoms with Crippen LogP contribution in [0, 0.1) is 5.92 Å². The molecule has 1 saturated heterocycles. The van der Waals surface area contributed by atoms with Crippen LogP contribution >= 0.6 is 0 Å². The van der Waals surface area contributed by atoms with Gasteiger partial charge in [-0.2, -0.15) is 0 Å². The highest BCUT2D eigenvalue weighted by Gasteiger charge is 2.26. The van der Waals surface area contributed by atoms with E-state index in [2.05, 4.69) is 29.6 Å². The lowest BCUT2D eigenvalue weighted by molar-refractivity contribution is 0.0355. The van der Waals surface area contributed by atoms with E-state index in [-0.39, 0.29) is 0 Å². The van der Waals surface area contributed by atoms with E-state index in [0.717, 1.165) is 54.3 Å². The minimum Gasteiger partial charge on any atom is -0.496 e. The fourth-order valence-corrected chi connectivity index (χ4v) is 5.25. The minimum absolute atomic E-state index is 0.297. The smallest absolute Gasteiger partial charge is 0.124 e. The van der Waals surface area contributed by atoms with Crippen LogP contribution < -0.4 is 19.5 Å². The molecular weight excluding hydrogens is 546 g/mol. The van der Waals surface area contributed by atoms with Crippen molar-refractivity contribution in [2.45, 2.75) is 45.0 Å². The van der Waals surface area contributed by atoms with E-state index in [9.17, 15) is 5.11 Å². The van der Waals surface area contributed by atoms with Gasteiger partial charge in [-0.3, -0.25) is 0 Å². The number of nitrogens with one attached hydrogen (secondary N) is 1. The van der Waals surface area contributed by atoms with Crippen LogP contribution in [0.5, 0.6) is 17.2 Å². The van der Waals surface area contributed by atoms with Crippen LogP contribution in [0.3, 0.4) is 0 Å². The van der Waals surface area contributed by atoms with Crippen molar-refractivity contribution in [3.05, 3.63) is 89.5 Å². The molecule has 0 spiro atoms. The Bertz CT molecular complexity index is 1190. The molecular formula is C35H47NO7. The third-order valence-electron chi connectivity index (χ3n) is 7.47. The average Bonchev–Trinajstić information content (AvgIpc) is 3.04. The monoisotopic (exact) mass is 593 g/mol. The Balaban J connectivity index is 1.14. The molecule has 8 heteroatoms. The van der Waals surface area contributed by atoms with Gasteiger partial charge in [0, 0.05) is 30.0 Å². The van der Waals surface area contributed by atoms with Gasteiger partial charge in [-0.15, -0.1) is 0 Å². The summed E-state index contributed by atoms with van der Waals surface area (Å²) in [5, 5.41) is 12.9. The summed E-state index contributed by atoms with van der Waals surface area (Å²) >= 11 is 0. The van der Waals surface area contributed by atoms with Gasteiger partial charge in [0.15, 0.2) is 0 Å². The number of methoxy groups -OCH3 is 1. The number of aliphatic hydroxyl groups is 1. The van der Waals surface area contributed by atoms with E-state index in [1.54, 1.807) is 14.0 Å². The van der Waals surface area contributed by atoms with Crippen LogP contribution in [0.4, 0.5) is 0 Å². The number of hydrogen-bond donors (Lipinski definition) is 2. The Labute approximate surface area is 256 Å². The summed E-state index contributed by atoms with van der Waals surface area (Å²) < 4.78 is 34.8. The Hall–Kier alpha value is -3.14. The van der Waals surface area contributed by atoms with Crippen molar-refractivity contribution in [2.24, 2.45) is 5.92 Å². The summed E-state index contributed by atoms with van der Waals surface area (Å²) in [7, 11) is 1.68. The Morgan fingerprint density at radius 3 is 2.28 bits per heavy atom. The van der Waals surface area contributed by atoms with E-state index >= 15 is 0 Å². The molecule has 0 aromatic heterocycles. The molecule has 43 heavy (non-hydrogen) atoms. The van der Waals surface area contributed by atoms with E-state index in [0.29, 0.717) is 64.7 Å². The molecule has 0 saturated carbocycles. The second-order valence-corrected chi connectivity index (χ2v) is 10.9. The van der Waals surface area contributed by atoms with Crippen molar-refractivity contribution in [2.75, 3.05) is 59.8 Å². The van der Waals surface area contributed by atoms with Gasteiger partial charge in [0.2, 0.25) is 0 Å². The molecule has 0 amide bonds. The molecule has 1 aliphatic heterocycles. The van der Waals surface area contributed by atoms with Crippen molar-refractivity contribution < 1.29 is 33.5 Å². The third-order valence-corrected chi connectivity index (χ3v) is 7.47. The predicted octanol–water partition coefficient (Wildman–Crippen LogP) is 5.37. The molecule has 3 aromatic rings. The van der Waals surface area contributed by atoms with Crippen LogP contribution in [0.25, 0.3) is 0 Å². The van der Waals surface area contributed by atoms with Crippen LogP contribution in [-0.4, -0.2) is 71.1 Å². The molecule has 3 aromatic carbocycles. The predicted molar refractivity (Wildman–Crippen MR) is 167 cm³/mol. The molecule has 0 bridgehead atoms. The van der Waals surface area contributed by atoms with Crippen LogP contribution in [0.1, 0.15) is 42.4 Å². The summed E-state index contributed by atoms with van der Waals surface area (Å²) in [5.74, 6) is 3.35. The zero-order valence-corrected chi connectivity index (χ0v) is 25.5. The second kappa shape index (κ2) is 18.5. The van der Waals surface area contributed by atoms with Crippen molar-refractivity contribution >= 4 is 0 Å². The maximum atomic E-state index is 9.42. The van der Waals surface area contributed by atoms with Crippen LogP contribution in [-0.2, 0) is 27.4 Å². The lowest BCUT2D eigenvalue weighted by Crippen LogP contribution is -2.38. The summed E-state index contributed by atoms with van der Waals surface area (Å²) in [6.07, 6.45) is 1.41. The first kappa shape index (κ1) is 32.8. The standard InChI is InChI=1S/C35H47NO7/c1-27(37)23-41-25-30-9-4-6-11-35(30)43-21-20-40-26-31-22-36-17-16-33(31)28-12-14-32(15-13-28)42-19-7-18-39-24-29-8-3-5-10-34(29)38-2/h3-6,8-15,27,31,33,36-37H,7,16-26H2,1-2H3/t27-,31?,33+/m0/s1. The molecule has 4 rings (SSSR count). The van der Waals surface area contributed by atoms with E-state index in [1.165, 1.54) is 5.56 Å². The molecule has 3 atom stereocenters. The Morgan fingerprint density at radius 1 is 0.791 bits per heavy atom. The lowest BCUT2D eigenvalue weighted by atomic mass is 9.81. The highest BCUT2D eigenvalue weighted by molar-refractivity contribution is 5.33. The molecule has 1 unspecified atom stereocenters. The van der Waals surface area contributed by atoms with Gasteiger partial charge in [-0.05, 0) is 55.6 Å². The normalized spacial score (nSPS) is 17.4. The molecule has 2 N–H and O–H groups in total. The van der Waals surface area contributed by atoms with Gasteiger partial charge in [0.25, 0.3) is 0 Å². The highest BCUT2D eigenvalue weighted by Crippen LogP contribution is 2.32. The minimum atomic E-state index is -0.488. The summed E-state index contributed by atoms with van der Waals surface area (Å²) in [5.41, 5.74) is 3.34. The lowest BCUT2D eigenvalue weighted by Gasteiger charge is -2.32. The number of hydrogen-bond acceptors (Lipinski definition) is 8. The maximum absolute atomic E-state index is 9.42. The number of para-hydroxylation sites is 2. The van der Waals surface area contributed by atoms with Crippen molar-refractivity contribution in [1.82, 2.24) is 5.32 Å². The van der Waals surface area contributed by atoms with Crippen molar-refractivity contribution in [3.8, 4) is 17.2 Å². The fourth-order valence-electron chi connectivity index (χ4n) is 5.25. The number of ether oxygens (including phenoxy) is 6. The molecule has 1 heterocycles. The SMILES string of the molecule is COc1ccccc1COCCCOc1ccc([C@H]2CCNCC2COCCOc2ccccc2COC[C@H](C)O)cc1. The first-order valence-corrected chi connectivity index (χ1v) is 15.3. The molecule has 0 radical (unpaired) electrons. The number of rotatable bonds is 19. The summed E-state index contributed by atoms with van der Waals surface area (Å²) in [4.78, 5) is 0. The molecule has 234 valence electrons. The quantitative estimate of drug-likeness (QED) is 0.180. The Kier molecular flexibility index (Phi) is 14.1. The molecule has 1 fully saturated rings. The van der Waals surface area contributed by atoms with Gasteiger partial charge < -0.3 is 38.8 Å². The molecule has 0 aliphatic carbocycles. The number of benzene rings is 3. The number of piperidine rings is 1. The Morgan fingerprint density at radius 2 is 1.51 bits per heavy atom. The van der Waals surface area contributed by atoms with Crippen LogP contribution in [0.15, 0.2) is 72.8 Å².